The third-order valence-corrected chi connectivity index (χ3v) is 16.6. The van der Waals surface area contributed by atoms with Crippen LogP contribution in [0.5, 0.6) is 11.5 Å². The molecule has 364 valence electrons. The van der Waals surface area contributed by atoms with Gasteiger partial charge in [0.25, 0.3) is 0 Å². The lowest BCUT2D eigenvalue weighted by Crippen LogP contribution is -2.34. The Morgan fingerprint density at radius 3 is 1.49 bits per heavy atom. The number of amides is 2. The number of hydrogen-bond acceptors (Lipinski definition) is 12. The number of aliphatic hydroxyl groups is 2. The number of aryl methyl sites for hydroxylation is 2. The number of hydrogen-bond donors (Lipinski definition) is 4. The Balaban J connectivity index is 0.000000140. The molecule has 2 aromatic carbocycles. The first-order valence-corrected chi connectivity index (χ1v) is 25.0. The fourth-order valence-electron chi connectivity index (χ4n) is 12.6. The van der Waals surface area contributed by atoms with E-state index in [9.17, 15) is 19.8 Å². The number of piperidine rings is 2. The summed E-state index contributed by atoms with van der Waals surface area (Å²) in [6, 6.07) is 25.0. The molecule has 2 amide bonds. The average Bonchev–Trinajstić information content (AvgIpc) is 3.93. The van der Waals surface area contributed by atoms with Crippen LogP contribution in [-0.2, 0) is 46.1 Å². The number of rotatable bonds is 10. The van der Waals surface area contributed by atoms with Gasteiger partial charge in [-0.3, -0.25) is 29.8 Å². The third-order valence-electron chi connectivity index (χ3n) is 16.6. The summed E-state index contributed by atoms with van der Waals surface area (Å²) in [4.78, 5) is 47.2. The van der Waals surface area contributed by atoms with Gasteiger partial charge in [-0.25, -0.2) is 9.97 Å². The number of aromatic nitrogens is 8. The molecule has 6 aliphatic rings. The minimum Gasteiger partial charge on any atom is -0.494 e. The third kappa shape index (κ3) is 7.08. The van der Waals surface area contributed by atoms with Crippen LogP contribution in [0.3, 0.4) is 0 Å². The Morgan fingerprint density at radius 1 is 0.625 bits per heavy atom. The summed E-state index contributed by atoms with van der Waals surface area (Å²) in [7, 11) is 3.36. The second kappa shape index (κ2) is 17.1. The van der Waals surface area contributed by atoms with Crippen molar-refractivity contribution >= 4 is 33.9 Å². The molecule has 2 aliphatic heterocycles. The van der Waals surface area contributed by atoms with Crippen LogP contribution in [0.1, 0.15) is 59.3 Å². The molecule has 2 saturated carbocycles. The van der Waals surface area contributed by atoms with Crippen molar-refractivity contribution in [3.05, 3.63) is 119 Å². The highest BCUT2D eigenvalue weighted by molar-refractivity contribution is 5.94. The first-order chi connectivity index (χ1) is 35.2. The van der Waals surface area contributed by atoms with Crippen molar-refractivity contribution in [2.24, 2.45) is 11.8 Å². The number of methoxy groups -OCH3 is 2. The number of pyridine rings is 4. The number of nitrogens with zero attached hydrogens (tertiary/aromatic N) is 8. The predicted octanol–water partition coefficient (Wildman–Crippen LogP) is 6.55. The first kappa shape index (κ1) is 44.4. The van der Waals surface area contributed by atoms with Crippen molar-refractivity contribution in [3.63, 3.8) is 0 Å². The highest BCUT2D eigenvalue weighted by Gasteiger charge is 2.63. The van der Waals surface area contributed by atoms with Crippen molar-refractivity contribution in [2.75, 3.05) is 53.6 Å². The molecule has 0 radical (unpaired) electrons. The van der Waals surface area contributed by atoms with Crippen LogP contribution >= 0.6 is 0 Å². The van der Waals surface area contributed by atoms with E-state index in [-0.39, 0.29) is 22.6 Å². The SMILES string of the molecule is COc1cc2[nH]nc(-c3ccc(C45CC4CN(C(=O)CO)C5)nc3)c2nc1-c1cccc2c1CCC2.COc1cc2[nH]nc(-c3ccc(C45CC4CN(C(=O)CO)C5)nc3)c2nc1-c1cccc2c1CCC2. The summed E-state index contributed by atoms with van der Waals surface area (Å²) in [5.74, 6) is 1.89. The van der Waals surface area contributed by atoms with E-state index in [2.05, 4.69) is 68.9 Å². The number of aromatic amines is 2. The van der Waals surface area contributed by atoms with Crippen molar-refractivity contribution in [1.29, 1.82) is 0 Å². The zero-order valence-electron chi connectivity index (χ0n) is 40.2. The summed E-state index contributed by atoms with van der Waals surface area (Å²) < 4.78 is 11.5. The highest BCUT2D eigenvalue weighted by Crippen LogP contribution is 2.59. The predicted molar refractivity (Wildman–Crippen MR) is 269 cm³/mol. The van der Waals surface area contributed by atoms with Gasteiger partial charge in [0.2, 0.25) is 11.8 Å². The van der Waals surface area contributed by atoms with Crippen LogP contribution in [-0.4, -0.2) is 126 Å². The lowest BCUT2D eigenvalue weighted by atomic mass is 9.99. The fraction of sp³-hybridized carbons (Fsp3) is 0.357. The monoisotopic (exact) mass is 962 g/mol. The smallest absolute Gasteiger partial charge is 0.248 e. The maximum absolute atomic E-state index is 12.0. The van der Waals surface area contributed by atoms with Crippen LogP contribution in [0.2, 0.25) is 0 Å². The molecule has 0 bridgehead atoms. The van der Waals surface area contributed by atoms with Gasteiger partial charge in [0.1, 0.15) is 58.5 Å². The number of likely N-dealkylation sites (tertiary alicyclic amines) is 2. The maximum atomic E-state index is 12.0. The van der Waals surface area contributed by atoms with Gasteiger partial charge < -0.3 is 29.5 Å². The van der Waals surface area contributed by atoms with E-state index < -0.39 is 13.2 Å². The molecule has 4 aliphatic carbocycles. The minimum absolute atomic E-state index is 0.0799. The Bertz CT molecular complexity index is 3250. The van der Waals surface area contributed by atoms with E-state index in [1.165, 1.54) is 35.1 Å². The summed E-state index contributed by atoms with van der Waals surface area (Å²) in [5.41, 5.74) is 17.8. The zero-order chi connectivity index (χ0) is 48.9. The molecule has 16 heteroatoms. The standard InChI is InChI=1S/2C28H27N5O3/c2*1-36-22-10-21-27(30-26(22)20-7-3-5-16-4-2-6-19(16)20)25(32-31-21)17-8-9-23(29-12-17)28-11-18(28)13-33(15-28)24(35)14-34/h2*3,5,7-10,12,18,34H,2,4,6,11,13-15H2,1H3,(H,31,32). The molecular formula is C56H54N10O6. The van der Waals surface area contributed by atoms with Gasteiger partial charge in [0, 0.05) is 95.2 Å². The van der Waals surface area contributed by atoms with Gasteiger partial charge in [-0.1, -0.05) is 36.4 Å². The minimum atomic E-state index is -0.438. The first-order valence-electron chi connectivity index (χ1n) is 25.0. The number of fused-ring (bicyclic) bond motifs is 6. The van der Waals surface area contributed by atoms with Crippen LogP contribution in [0.15, 0.2) is 85.2 Å². The molecule has 4 unspecified atom stereocenters. The molecule has 16 nitrogen and oxygen atoms in total. The van der Waals surface area contributed by atoms with Crippen LogP contribution in [0.4, 0.5) is 0 Å². The maximum Gasteiger partial charge on any atom is 0.248 e. The number of carbonyl (C=O) groups is 2. The van der Waals surface area contributed by atoms with E-state index in [0.717, 1.165) is 129 Å². The number of benzene rings is 2. The molecular weight excluding hydrogens is 909 g/mol. The largest absolute Gasteiger partial charge is 0.494 e. The second-order valence-electron chi connectivity index (χ2n) is 20.5. The van der Waals surface area contributed by atoms with Crippen molar-refractivity contribution in [3.8, 4) is 56.5 Å². The van der Waals surface area contributed by atoms with Crippen LogP contribution in [0, 0.1) is 11.8 Å². The molecule has 6 aromatic heterocycles. The number of ether oxygens (including phenoxy) is 2. The van der Waals surface area contributed by atoms with Crippen molar-refractivity contribution in [2.45, 2.75) is 62.2 Å². The van der Waals surface area contributed by atoms with Gasteiger partial charge in [0.15, 0.2) is 0 Å². The molecule has 8 aromatic rings. The molecule has 14 rings (SSSR count). The molecule has 2 saturated heterocycles. The van der Waals surface area contributed by atoms with E-state index in [4.69, 9.17) is 29.4 Å². The topological polar surface area (TPSA) is 208 Å². The number of nitrogens with one attached hydrogen (secondary N) is 2. The Labute approximate surface area is 414 Å². The highest BCUT2D eigenvalue weighted by atomic mass is 16.5. The van der Waals surface area contributed by atoms with Gasteiger partial charge >= 0.3 is 0 Å². The second-order valence-corrected chi connectivity index (χ2v) is 20.5. The lowest BCUT2D eigenvalue weighted by Gasteiger charge is -2.20. The number of aliphatic hydroxyl groups excluding tert-OH is 2. The van der Waals surface area contributed by atoms with Gasteiger partial charge in [-0.15, -0.1) is 0 Å². The Kier molecular flexibility index (Phi) is 10.5. The zero-order valence-corrected chi connectivity index (χ0v) is 40.2. The summed E-state index contributed by atoms with van der Waals surface area (Å²) in [6.07, 6.45) is 12.4. The average molecular weight is 963 g/mol. The van der Waals surface area contributed by atoms with E-state index in [0.29, 0.717) is 38.0 Å². The van der Waals surface area contributed by atoms with Crippen molar-refractivity contribution < 1.29 is 29.3 Å². The number of carbonyl (C=O) groups excluding carboxylic acids is 2. The lowest BCUT2D eigenvalue weighted by molar-refractivity contribution is -0.134. The molecule has 8 heterocycles. The quantitative estimate of drug-likeness (QED) is 0.115. The molecule has 4 atom stereocenters. The fourth-order valence-corrected chi connectivity index (χ4v) is 12.6. The van der Waals surface area contributed by atoms with Gasteiger partial charge in [-0.2, -0.15) is 10.2 Å². The summed E-state index contributed by atoms with van der Waals surface area (Å²) in [6.45, 7) is 1.77. The molecule has 0 spiro atoms. The summed E-state index contributed by atoms with van der Waals surface area (Å²) in [5, 5.41) is 33.8. The Morgan fingerprint density at radius 2 is 1.08 bits per heavy atom. The molecule has 4 fully saturated rings. The Hall–Kier alpha value is -7.56. The van der Waals surface area contributed by atoms with Gasteiger partial charge in [-0.05, 0) is 110 Å². The van der Waals surface area contributed by atoms with Crippen LogP contribution in [0.25, 0.3) is 67.1 Å². The van der Waals surface area contributed by atoms with E-state index in [1.807, 2.05) is 36.7 Å². The number of H-pyrrole nitrogens is 2. The van der Waals surface area contributed by atoms with E-state index in [1.54, 1.807) is 24.0 Å². The van der Waals surface area contributed by atoms with Gasteiger partial charge in [0.05, 0.1) is 25.3 Å². The van der Waals surface area contributed by atoms with Crippen molar-refractivity contribution in [1.82, 2.24) is 50.1 Å². The van der Waals surface area contributed by atoms with E-state index >= 15 is 0 Å². The normalized spacial score (nSPS) is 22.1. The summed E-state index contributed by atoms with van der Waals surface area (Å²) >= 11 is 0. The molecule has 4 N–H and O–H groups in total. The van der Waals surface area contributed by atoms with Crippen LogP contribution < -0.4 is 9.47 Å². The molecule has 72 heavy (non-hydrogen) atoms.